The lowest BCUT2D eigenvalue weighted by atomic mass is 9.95. The van der Waals surface area contributed by atoms with Crippen molar-refractivity contribution in [2.45, 2.75) is 38.6 Å². The Morgan fingerprint density at radius 2 is 2.16 bits per heavy atom. The number of amides is 1. The van der Waals surface area contributed by atoms with Gasteiger partial charge in [0.05, 0.1) is 0 Å². The average Bonchev–Trinajstić information content (AvgIpc) is 3.00. The number of carbonyl (C=O) groups excluding carboxylic acids is 1. The first-order valence-electron chi connectivity index (χ1n) is 7.20. The van der Waals surface area contributed by atoms with Gasteiger partial charge < -0.3 is 10.1 Å². The Morgan fingerprint density at radius 1 is 1.32 bits per heavy atom. The first-order valence-corrected chi connectivity index (χ1v) is 7.20. The Balaban J connectivity index is 1.48. The van der Waals surface area contributed by atoms with Gasteiger partial charge in [0.15, 0.2) is 6.61 Å². The van der Waals surface area contributed by atoms with Crippen molar-refractivity contribution in [1.82, 2.24) is 5.32 Å². The van der Waals surface area contributed by atoms with Crippen molar-refractivity contribution >= 4 is 5.91 Å². The number of fused-ring (bicyclic) bond motifs is 2. The lowest BCUT2D eigenvalue weighted by molar-refractivity contribution is -0.124. The fourth-order valence-corrected chi connectivity index (χ4v) is 3.53. The molecular formula is C16H21NO2. The van der Waals surface area contributed by atoms with Crippen LogP contribution in [-0.2, 0) is 4.79 Å². The van der Waals surface area contributed by atoms with E-state index in [-0.39, 0.29) is 12.5 Å². The molecule has 3 atom stereocenters. The van der Waals surface area contributed by atoms with Gasteiger partial charge in [-0.1, -0.05) is 24.6 Å². The summed E-state index contributed by atoms with van der Waals surface area (Å²) in [6.07, 6.45) is 5.12. The number of rotatable bonds is 4. The van der Waals surface area contributed by atoms with Gasteiger partial charge in [0.1, 0.15) is 5.75 Å². The molecule has 1 N–H and O–H groups in total. The summed E-state index contributed by atoms with van der Waals surface area (Å²) in [4.78, 5) is 11.9. The molecule has 19 heavy (non-hydrogen) atoms. The van der Waals surface area contributed by atoms with Crippen molar-refractivity contribution in [1.29, 1.82) is 0 Å². The molecule has 0 spiro atoms. The molecule has 1 amide bonds. The molecule has 2 aliphatic rings. The third-order valence-corrected chi connectivity index (χ3v) is 4.54. The second kappa shape index (κ2) is 5.24. The zero-order valence-electron chi connectivity index (χ0n) is 11.4. The van der Waals surface area contributed by atoms with E-state index in [1.807, 2.05) is 31.2 Å². The third-order valence-electron chi connectivity index (χ3n) is 4.54. The molecule has 0 aliphatic heterocycles. The van der Waals surface area contributed by atoms with Gasteiger partial charge >= 0.3 is 0 Å². The van der Waals surface area contributed by atoms with Gasteiger partial charge in [-0.3, -0.25) is 4.79 Å². The zero-order valence-corrected chi connectivity index (χ0v) is 11.4. The minimum Gasteiger partial charge on any atom is -0.484 e. The van der Waals surface area contributed by atoms with Crippen molar-refractivity contribution in [3.05, 3.63) is 29.8 Å². The predicted molar refractivity (Wildman–Crippen MR) is 74.1 cm³/mol. The van der Waals surface area contributed by atoms with Crippen LogP contribution in [0.2, 0.25) is 0 Å². The summed E-state index contributed by atoms with van der Waals surface area (Å²) in [7, 11) is 0. The highest BCUT2D eigenvalue weighted by molar-refractivity contribution is 5.78. The number of para-hydroxylation sites is 1. The van der Waals surface area contributed by atoms with Crippen molar-refractivity contribution in [2.24, 2.45) is 11.8 Å². The number of ether oxygens (including phenoxy) is 1. The molecule has 0 unspecified atom stereocenters. The smallest absolute Gasteiger partial charge is 0.258 e. The Morgan fingerprint density at radius 3 is 2.84 bits per heavy atom. The van der Waals surface area contributed by atoms with Gasteiger partial charge in [0.2, 0.25) is 0 Å². The zero-order chi connectivity index (χ0) is 13.2. The van der Waals surface area contributed by atoms with Crippen LogP contribution in [0.5, 0.6) is 5.75 Å². The highest BCUT2D eigenvalue weighted by Crippen LogP contribution is 2.44. The van der Waals surface area contributed by atoms with Crippen LogP contribution in [0.1, 0.15) is 31.2 Å². The van der Waals surface area contributed by atoms with E-state index in [1.54, 1.807) is 0 Å². The van der Waals surface area contributed by atoms with E-state index in [2.05, 4.69) is 5.32 Å². The number of hydrogen-bond acceptors (Lipinski definition) is 2. The Bertz CT molecular complexity index is 472. The number of nitrogens with one attached hydrogen (secondary N) is 1. The van der Waals surface area contributed by atoms with Crippen molar-refractivity contribution in [3.63, 3.8) is 0 Å². The highest BCUT2D eigenvalue weighted by Gasteiger charge is 2.40. The van der Waals surface area contributed by atoms with E-state index >= 15 is 0 Å². The summed E-state index contributed by atoms with van der Waals surface area (Å²) in [6, 6.07) is 8.18. The molecule has 2 bridgehead atoms. The molecule has 0 radical (unpaired) electrons. The van der Waals surface area contributed by atoms with E-state index in [4.69, 9.17) is 4.74 Å². The fraction of sp³-hybridized carbons (Fsp3) is 0.562. The average molecular weight is 259 g/mol. The van der Waals surface area contributed by atoms with E-state index in [1.165, 1.54) is 25.7 Å². The molecule has 102 valence electrons. The maximum Gasteiger partial charge on any atom is 0.258 e. The summed E-state index contributed by atoms with van der Waals surface area (Å²) in [6.45, 7) is 2.11. The first kappa shape index (κ1) is 12.5. The van der Waals surface area contributed by atoms with Gasteiger partial charge in [-0.25, -0.2) is 0 Å². The molecule has 0 saturated heterocycles. The molecule has 2 fully saturated rings. The van der Waals surface area contributed by atoms with E-state index in [9.17, 15) is 4.79 Å². The molecule has 1 aromatic rings. The van der Waals surface area contributed by atoms with Gasteiger partial charge in [-0.2, -0.15) is 0 Å². The van der Waals surface area contributed by atoms with E-state index in [0.29, 0.717) is 12.0 Å². The van der Waals surface area contributed by atoms with Crippen LogP contribution >= 0.6 is 0 Å². The normalized spacial score (nSPS) is 28.4. The topological polar surface area (TPSA) is 38.3 Å². The lowest BCUT2D eigenvalue weighted by Gasteiger charge is -2.22. The monoisotopic (exact) mass is 259 g/mol. The SMILES string of the molecule is Cc1ccccc1OCC(=O)N[C@H]1C[C@H]2CC[C@H]1C2. The maximum absolute atomic E-state index is 11.9. The molecule has 2 aliphatic carbocycles. The van der Waals surface area contributed by atoms with Gasteiger partial charge in [-0.05, 0) is 49.7 Å². The third kappa shape index (κ3) is 2.75. The van der Waals surface area contributed by atoms with Crippen LogP contribution in [0.15, 0.2) is 24.3 Å². The molecule has 2 saturated carbocycles. The molecular weight excluding hydrogens is 238 g/mol. The molecule has 1 aromatic carbocycles. The number of carbonyl (C=O) groups is 1. The van der Waals surface area contributed by atoms with Crippen molar-refractivity contribution in [3.8, 4) is 5.75 Å². The lowest BCUT2D eigenvalue weighted by Crippen LogP contribution is -2.40. The standard InChI is InChI=1S/C16H21NO2/c1-11-4-2-3-5-15(11)19-10-16(18)17-14-9-12-6-7-13(14)8-12/h2-5,12-14H,6-10H2,1H3,(H,17,18)/t12-,13-,14-/m0/s1. The predicted octanol–water partition coefficient (Wildman–Crippen LogP) is 2.68. The quantitative estimate of drug-likeness (QED) is 0.902. The summed E-state index contributed by atoms with van der Waals surface area (Å²) >= 11 is 0. The van der Waals surface area contributed by atoms with Gasteiger partial charge in [-0.15, -0.1) is 0 Å². The summed E-state index contributed by atoms with van der Waals surface area (Å²) < 4.78 is 5.58. The van der Waals surface area contributed by atoms with Crippen molar-refractivity contribution in [2.75, 3.05) is 6.61 Å². The first-order chi connectivity index (χ1) is 9.22. The second-order valence-electron chi connectivity index (χ2n) is 5.90. The van der Waals surface area contributed by atoms with Crippen LogP contribution in [0.25, 0.3) is 0 Å². The molecule has 3 nitrogen and oxygen atoms in total. The minimum atomic E-state index is 0.0146. The largest absolute Gasteiger partial charge is 0.484 e. The van der Waals surface area contributed by atoms with Crippen molar-refractivity contribution < 1.29 is 9.53 Å². The maximum atomic E-state index is 11.9. The molecule has 0 heterocycles. The van der Waals surface area contributed by atoms with E-state index < -0.39 is 0 Å². The molecule has 3 heteroatoms. The highest BCUT2D eigenvalue weighted by atomic mass is 16.5. The molecule has 3 rings (SSSR count). The Labute approximate surface area is 114 Å². The molecule has 0 aromatic heterocycles. The second-order valence-corrected chi connectivity index (χ2v) is 5.90. The number of aryl methyl sites for hydroxylation is 1. The van der Waals surface area contributed by atoms with Crippen LogP contribution in [0.3, 0.4) is 0 Å². The summed E-state index contributed by atoms with van der Waals surface area (Å²) in [5.41, 5.74) is 1.07. The fourth-order valence-electron chi connectivity index (χ4n) is 3.53. The van der Waals surface area contributed by atoms with Crippen LogP contribution in [0, 0.1) is 18.8 Å². The Hall–Kier alpha value is -1.51. The Kier molecular flexibility index (Phi) is 3.45. The summed E-state index contributed by atoms with van der Waals surface area (Å²) in [5, 5.41) is 3.14. The van der Waals surface area contributed by atoms with Crippen LogP contribution < -0.4 is 10.1 Å². The van der Waals surface area contributed by atoms with Gasteiger partial charge in [0.25, 0.3) is 5.91 Å². The van der Waals surface area contributed by atoms with E-state index in [0.717, 1.165) is 17.2 Å². The number of benzene rings is 1. The van der Waals surface area contributed by atoms with Crippen LogP contribution in [0.4, 0.5) is 0 Å². The van der Waals surface area contributed by atoms with Gasteiger partial charge in [0, 0.05) is 6.04 Å². The minimum absolute atomic E-state index is 0.0146. The van der Waals surface area contributed by atoms with Crippen LogP contribution in [-0.4, -0.2) is 18.6 Å². The number of hydrogen-bond donors (Lipinski definition) is 1. The summed E-state index contributed by atoms with van der Waals surface area (Å²) in [5.74, 6) is 2.38.